The zero-order valence-corrected chi connectivity index (χ0v) is 6.16. The molecule has 0 aliphatic rings. The minimum atomic E-state index is 0.0109. The molecule has 1 rings (SSSR count). The van der Waals surface area contributed by atoms with Crippen molar-refractivity contribution in [1.29, 1.82) is 0 Å². The van der Waals surface area contributed by atoms with E-state index in [0.717, 1.165) is 11.3 Å². The van der Waals surface area contributed by atoms with Crippen LogP contribution in [0.1, 0.15) is 31.1 Å². The van der Waals surface area contributed by atoms with Gasteiger partial charge in [-0.05, 0) is 0 Å². The molecule has 0 saturated heterocycles. The number of aliphatic hydroxyl groups excluding tert-OH is 1. The van der Waals surface area contributed by atoms with Crippen LogP contribution in [0.15, 0.2) is 10.7 Å². The van der Waals surface area contributed by atoms with Gasteiger partial charge in [0.1, 0.15) is 5.76 Å². The third kappa shape index (κ3) is 1.19. The second-order valence-corrected chi connectivity index (χ2v) is 2.53. The second kappa shape index (κ2) is 2.84. The molecule has 0 bridgehead atoms. The first-order chi connectivity index (χ1) is 4.75. The molecule has 1 N–H and O–H groups in total. The summed E-state index contributed by atoms with van der Waals surface area (Å²) in [6.45, 7) is 4.01. The zero-order valence-electron chi connectivity index (χ0n) is 6.16. The molecule has 1 aromatic heterocycles. The molecule has 10 heavy (non-hydrogen) atoms. The molecule has 1 heterocycles. The molecule has 0 fully saturated rings. The van der Waals surface area contributed by atoms with Crippen molar-refractivity contribution < 1.29 is 9.63 Å². The van der Waals surface area contributed by atoms with Gasteiger partial charge in [0.2, 0.25) is 0 Å². The Morgan fingerprint density at radius 3 is 2.80 bits per heavy atom. The van der Waals surface area contributed by atoms with E-state index in [9.17, 15) is 0 Å². The molecular weight excluding hydrogens is 130 g/mol. The van der Waals surface area contributed by atoms with Crippen molar-refractivity contribution in [1.82, 2.24) is 5.16 Å². The molecule has 3 nitrogen and oxygen atoms in total. The number of rotatable bonds is 2. The predicted molar refractivity (Wildman–Crippen MR) is 36.5 cm³/mol. The fraction of sp³-hybridized carbons (Fsp3) is 0.571. The summed E-state index contributed by atoms with van der Waals surface area (Å²) < 4.78 is 4.91. The highest BCUT2D eigenvalue weighted by molar-refractivity contribution is 5.14. The number of aliphatic hydroxyl groups is 1. The van der Waals surface area contributed by atoms with Crippen LogP contribution in [0.2, 0.25) is 0 Å². The van der Waals surface area contributed by atoms with E-state index in [0.29, 0.717) is 5.92 Å². The summed E-state index contributed by atoms with van der Waals surface area (Å²) in [6, 6.07) is 0. The lowest BCUT2D eigenvalue weighted by molar-refractivity contribution is 0.275. The van der Waals surface area contributed by atoms with Crippen LogP contribution in [0.3, 0.4) is 0 Å². The normalized spacial score (nSPS) is 10.8. The molecule has 0 aromatic carbocycles. The van der Waals surface area contributed by atoms with E-state index in [4.69, 9.17) is 9.63 Å². The third-order valence-corrected chi connectivity index (χ3v) is 1.37. The second-order valence-electron chi connectivity index (χ2n) is 2.53. The maximum Gasteiger partial charge on any atom is 0.144 e. The van der Waals surface area contributed by atoms with Gasteiger partial charge in [0.15, 0.2) is 0 Å². The average molecular weight is 141 g/mol. The van der Waals surface area contributed by atoms with E-state index < -0.39 is 0 Å². The Labute approximate surface area is 59.7 Å². The van der Waals surface area contributed by atoms with Crippen LogP contribution in [0.4, 0.5) is 0 Å². The van der Waals surface area contributed by atoms with E-state index in [1.54, 1.807) is 6.20 Å². The lowest BCUT2D eigenvalue weighted by atomic mass is 10.1. The largest absolute Gasteiger partial charge is 0.391 e. The first-order valence-electron chi connectivity index (χ1n) is 3.30. The quantitative estimate of drug-likeness (QED) is 0.675. The van der Waals surface area contributed by atoms with Gasteiger partial charge in [-0.3, -0.25) is 0 Å². The van der Waals surface area contributed by atoms with E-state index in [1.807, 2.05) is 13.8 Å². The SMILES string of the molecule is CC(C)c1oncc1CO. The van der Waals surface area contributed by atoms with Gasteiger partial charge in [-0.25, -0.2) is 0 Å². The maximum atomic E-state index is 8.76. The molecule has 0 amide bonds. The molecule has 0 spiro atoms. The molecule has 1 aromatic rings. The van der Waals surface area contributed by atoms with Crippen LogP contribution in [-0.2, 0) is 6.61 Å². The highest BCUT2D eigenvalue weighted by Crippen LogP contribution is 2.18. The van der Waals surface area contributed by atoms with Gasteiger partial charge in [-0.2, -0.15) is 0 Å². The molecule has 0 aliphatic heterocycles. The average Bonchev–Trinajstić information content (AvgIpc) is 2.33. The number of aromatic nitrogens is 1. The Hall–Kier alpha value is -0.830. The van der Waals surface area contributed by atoms with E-state index in [2.05, 4.69) is 5.16 Å². The van der Waals surface area contributed by atoms with Gasteiger partial charge < -0.3 is 9.63 Å². The van der Waals surface area contributed by atoms with Crippen LogP contribution in [0.25, 0.3) is 0 Å². The number of hydrogen-bond acceptors (Lipinski definition) is 3. The van der Waals surface area contributed by atoms with E-state index >= 15 is 0 Å². The summed E-state index contributed by atoms with van der Waals surface area (Å²) in [5.41, 5.74) is 0.787. The molecule has 0 radical (unpaired) electrons. The number of nitrogens with zero attached hydrogens (tertiary/aromatic N) is 1. The monoisotopic (exact) mass is 141 g/mol. The van der Waals surface area contributed by atoms with E-state index in [1.165, 1.54) is 0 Å². The number of hydrogen-bond donors (Lipinski definition) is 1. The molecule has 56 valence electrons. The third-order valence-electron chi connectivity index (χ3n) is 1.37. The summed E-state index contributed by atoms with van der Waals surface area (Å²) >= 11 is 0. The Balaban J connectivity index is 2.90. The van der Waals surface area contributed by atoms with Crippen molar-refractivity contribution in [3.8, 4) is 0 Å². The lowest BCUT2D eigenvalue weighted by Gasteiger charge is -1.98. The van der Waals surface area contributed by atoms with Crippen LogP contribution in [0.5, 0.6) is 0 Å². The lowest BCUT2D eigenvalue weighted by Crippen LogP contribution is -1.90. The molecule has 0 aliphatic carbocycles. The van der Waals surface area contributed by atoms with Crippen molar-refractivity contribution in [2.24, 2.45) is 0 Å². The maximum absolute atomic E-state index is 8.76. The molecule has 0 saturated carbocycles. The minimum Gasteiger partial charge on any atom is -0.391 e. The Kier molecular flexibility index (Phi) is 2.06. The van der Waals surface area contributed by atoms with Crippen molar-refractivity contribution in [2.75, 3.05) is 0 Å². The topological polar surface area (TPSA) is 46.3 Å². The van der Waals surface area contributed by atoms with Crippen molar-refractivity contribution in [3.63, 3.8) is 0 Å². The van der Waals surface area contributed by atoms with Crippen LogP contribution in [0, 0.1) is 0 Å². The van der Waals surface area contributed by atoms with Crippen LogP contribution < -0.4 is 0 Å². The zero-order chi connectivity index (χ0) is 7.56. The van der Waals surface area contributed by atoms with Crippen LogP contribution >= 0.6 is 0 Å². The van der Waals surface area contributed by atoms with Gasteiger partial charge in [0.25, 0.3) is 0 Å². The Bertz CT molecular complexity index is 205. The fourth-order valence-corrected chi connectivity index (χ4v) is 0.864. The molecular formula is C7H11NO2. The van der Waals surface area contributed by atoms with Crippen molar-refractivity contribution >= 4 is 0 Å². The van der Waals surface area contributed by atoms with Crippen molar-refractivity contribution in [2.45, 2.75) is 26.4 Å². The van der Waals surface area contributed by atoms with E-state index in [-0.39, 0.29) is 6.61 Å². The van der Waals surface area contributed by atoms with Gasteiger partial charge in [-0.15, -0.1) is 0 Å². The van der Waals surface area contributed by atoms with Crippen LogP contribution in [-0.4, -0.2) is 10.3 Å². The summed E-state index contributed by atoms with van der Waals surface area (Å²) in [7, 11) is 0. The predicted octanol–water partition coefficient (Wildman–Crippen LogP) is 1.29. The van der Waals surface area contributed by atoms with Gasteiger partial charge in [0, 0.05) is 11.5 Å². The van der Waals surface area contributed by atoms with Crippen molar-refractivity contribution in [3.05, 3.63) is 17.5 Å². The van der Waals surface area contributed by atoms with Gasteiger partial charge >= 0.3 is 0 Å². The highest BCUT2D eigenvalue weighted by atomic mass is 16.5. The highest BCUT2D eigenvalue weighted by Gasteiger charge is 2.09. The standard InChI is InChI=1S/C7H11NO2/c1-5(2)7-6(4-9)3-8-10-7/h3,5,9H,4H2,1-2H3. The van der Waals surface area contributed by atoms with Gasteiger partial charge in [0.05, 0.1) is 12.8 Å². The first-order valence-corrected chi connectivity index (χ1v) is 3.30. The molecule has 0 atom stereocenters. The fourth-order valence-electron chi connectivity index (χ4n) is 0.864. The summed E-state index contributed by atoms with van der Waals surface area (Å²) in [5, 5.41) is 12.3. The molecule has 3 heteroatoms. The Morgan fingerprint density at radius 2 is 2.40 bits per heavy atom. The first kappa shape index (κ1) is 7.28. The smallest absolute Gasteiger partial charge is 0.144 e. The molecule has 0 unspecified atom stereocenters. The minimum absolute atomic E-state index is 0.0109. The van der Waals surface area contributed by atoms with Gasteiger partial charge in [-0.1, -0.05) is 19.0 Å². The Morgan fingerprint density at radius 1 is 1.70 bits per heavy atom. The summed E-state index contributed by atoms with van der Waals surface area (Å²) in [5.74, 6) is 1.08. The summed E-state index contributed by atoms with van der Waals surface area (Å²) in [4.78, 5) is 0. The summed E-state index contributed by atoms with van der Waals surface area (Å²) in [6.07, 6.45) is 1.55.